The standard InChI is InChI=1S/C22H34N2O3/c1-7-17-9-8-10-18(13-17)27-19-11-12-24(14-19)15(2)20(22(4,5)6)23-21(26)16(3)25/h8-10,13,16,19-20,25H,2,7,11-12,14H2,1,3-6H3,(H,23,26)/t16-,19+,20-/m1/s1. The number of aliphatic hydroxyl groups is 1. The number of nitrogens with zero attached hydrogens (tertiary/aromatic N) is 1. The third-order valence-corrected chi connectivity index (χ3v) is 5.03. The minimum Gasteiger partial charge on any atom is -0.489 e. The lowest BCUT2D eigenvalue weighted by Gasteiger charge is -2.37. The van der Waals surface area contributed by atoms with Gasteiger partial charge in [-0.25, -0.2) is 0 Å². The van der Waals surface area contributed by atoms with Crippen LogP contribution in [0.4, 0.5) is 0 Å². The first-order valence-corrected chi connectivity index (χ1v) is 9.79. The van der Waals surface area contributed by atoms with Crippen LogP contribution in [0.2, 0.25) is 0 Å². The first-order chi connectivity index (χ1) is 12.6. The Hall–Kier alpha value is -2.01. The summed E-state index contributed by atoms with van der Waals surface area (Å²) in [4.78, 5) is 14.2. The smallest absolute Gasteiger partial charge is 0.249 e. The number of aliphatic hydroxyl groups excluding tert-OH is 1. The highest BCUT2D eigenvalue weighted by Crippen LogP contribution is 2.29. The van der Waals surface area contributed by atoms with Crippen LogP contribution in [0.1, 0.15) is 46.6 Å². The van der Waals surface area contributed by atoms with Gasteiger partial charge in [0, 0.05) is 18.7 Å². The number of benzene rings is 1. The van der Waals surface area contributed by atoms with Crippen LogP contribution < -0.4 is 10.1 Å². The van der Waals surface area contributed by atoms with Crippen molar-refractivity contribution in [2.45, 2.75) is 65.7 Å². The summed E-state index contributed by atoms with van der Waals surface area (Å²) < 4.78 is 6.17. The molecule has 3 atom stereocenters. The Bertz CT molecular complexity index is 664. The van der Waals surface area contributed by atoms with Crippen molar-refractivity contribution in [1.82, 2.24) is 10.2 Å². The molecule has 0 saturated carbocycles. The third kappa shape index (κ3) is 5.73. The number of likely N-dealkylation sites (tertiary alicyclic amines) is 1. The van der Waals surface area contributed by atoms with Crippen LogP contribution in [0, 0.1) is 5.41 Å². The van der Waals surface area contributed by atoms with Gasteiger partial charge in [-0.15, -0.1) is 0 Å². The molecule has 1 aromatic carbocycles. The van der Waals surface area contributed by atoms with Gasteiger partial charge in [0.1, 0.15) is 18.0 Å². The zero-order valence-corrected chi connectivity index (χ0v) is 17.3. The zero-order chi connectivity index (χ0) is 20.2. The van der Waals surface area contributed by atoms with Gasteiger partial charge in [0.05, 0.1) is 12.6 Å². The molecule has 1 heterocycles. The normalized spacial score (nSPS) is 19.5. The number of amides is 1. The van der Waals surface area contributed by atoms with Crippen LogP contribution in [0.25, 0.3) is 0 Å². The number of hydrogen-bond acceptors (Lipinski definition) is 4. The molecule has 0 aromatic heterocycles. The summed E-state index contributed by atoms with van der Waals surface area (Å²) >= 11 is 0. The maximum Gasteiger partial charge on any atom is 0.249 e. The van der Waals surface area contributed by atoms with Gasteiger partial charge < -0.3 is 20.1 Å². The molecule has 1 aromatic rings. The number of nitrogens with one attached hydrogen (secondary N) is 1. The molecule has 0 bridgehead atoms. The van der Waals surface area contributed by atoms with E-state index in [1.54, 1.807) is 0 Å². The van der Waals surface area contributed by atoms with E-state index in [0.29, 0.717) is 0 Å². The number of carbonyl (C=O) groups is 1. The molecule has 2 rings (SSSR count). The van der Waals surface area contributed by atoms with Crippen molar-refractivity contribution in [1.29, 1.82) is 0 Å². The molecule has 27 heavy (non-hydrogen) atoms. The lowest BCUT2D eigenvalue weighted by atomic mass is 9.84. The summed E-state index contributed by atoms with van der Waals surface area (Å²) in [5.74, 6) is 0.529. The van der Waals surface area contributed by atoms with Gasteiger partial charge in [0.15, 0.2) is 0 Å². The Labute approximate surface area is 163 Å². The molecule has 1 saturated heterocycles. The largest absolute Gasteiger partial charge is 0.489 e. The number of hydrogen-bond donors (Lipinski definition) is 2. The molecule has 1 aliphatic heterocycles. The van der Waals surface area contributed by atoms with E-state index in [0.717, 1.165) is 37.4 Å². The summed E-state index contributed by atoms with van der Waals surface area (Å²) in [6, 6.07) is 7.98. The molecular formula is C22H34N2O3. The molecule has 5 heteroatoms. The van der Waals surface area contributed by atoms with E-state index in [4.69, 9.17) is 4.74 Å². The van der Waals surface area contributed by atoms with E-state index in [1.807, 2.05) is 12.1 Å². The molecule has 1 amide bonds. The Kier molecular flexibility index (Phi) is 6.93. The molecule has 2 N–H and O–H groups in total. The van der Waals surface area contributed by atoms with Crippen molar-refractivity contribution < 1.29 is 14.6 Å². The first kappa shape index (κ1) is 21.3. The Morgan fingerprint density at radius 2 is 2.15 bits per heavy atom. The fraction of sp³-hybridized carbons (Fsp3) is 0.591. The predicted molar refractivity (Wildman–Crippen MR) is 109 cm³/mol. The summed E-state index contributed by atoms with van der Waals surface area (Å²) in [5.41, 5.74) is 1.92. The van der Waals surface area contributed by atoms with E-state index in [1.165, 1.54) is 12.5 Å². The second-order valence-electron chi connectivity index (χ2n) is 8.45. The van der Waals surface area contributed by atoms with Gasteiger partial charge in [0.2, 0.25) is 5.91 Å². The van der Waals surface area contributed by atoms with Crippen molar-refractivity contribution in [3.8, 4) is 5.75 Å². The molecule has 0 unspecified atom stereocenters. The molecule has 0 aliphatic carbocycles. The maximum atomic E-state index is 12.0. The molecule has 0 radical (unpaired) electrons. The number of ether oxygens (including phenoxy) is 1. The minimum atomic E-state index is -1.04. The van der Waals surface area contributed by atoms with Crippen LogP contribution in [0.3, 0.4) is 0 Å². The van der Waals surface area contributed by atoms with Crippen molar-refractivity contribution in [2.24, 2.45) is 5.41 Å². The molecule has 0 spiro atoms. The van der Waals surface area contributed by atoms with E-state index in [2.05, 4.69) is 56.6 Å². The highest BCUT2D eigenvalue weighted by molar-refractivity contribution is 5.80. The predicted octanol–water partition coefficient (Wildman–Crippen LogP) is 3.13. The van der Waals surface area contributed by atoms with E-state index in [9.17, 15) is 9.90 Å². The Balaban J connectivity index is 2.02. The summed E-state index contributed by atoms with van der Waals surface area (Å²) in [5, 5.41) is 12.5. The van der Waals surface area contributed by atoms with Crippen molar-refractivity contribution >= 4 is 5.91 Å². The average molecular weight is 375 g/mol. The fourth-order valence-corrected chi connectivity index (χ4v) is 3.36. The maximum absolute atomic E-state index is 12.0. The topological polar surface area (TPSA) is 61.8 Å². The van der Waals surface area contributed by atoms with Gasteiger partial charge in [-0.3, -0.25) is 4.79 Å². The van der Waals surface area contributed by atoms with Crippen molar-refractivity contribution in [2.75, 3.05) is 13.1 Å². The molecule has 5 nitrogen and oxygen atoms in total. The lowest BCUT2D eigenvalue weighted by Crippen LogP contribution is -2.50. The molecule has 1 fully saturated rings. The van der Waals surface area contributed by atoms with Crippen LogP contribution in [-0.4, -0.2) is 47.3 Å². The highest BCUT2D eigenvalue weighted by Gasteiger charge is 2.35. The fourth-order valence-electron chi connectivity index (χ4n) is 3.36. The lowest BCUT2D eigenvalue weighted by molar-refractivity contribution is -0.129. The molecular weight excluding hydrogens is 340 g/mol. The number of aryl methyl sites for hydroxylation is 1. The van der Waals surface area contributed by atoms with Gasteiger partial charge in [-0.1, -0.05) is 46.4 Å². The van der Waals surface area contributed by atoms with Crippen LogP contribution in [-0.2, 0) is 11.2 Å². The second kappa shape index (κ2) is 8.79. The molecule has 150 valence electrons. The van der Waals surface area contributed by atoms with Crippen molar-refractivity contribution in [3.63, 3.8) is 0 Å². The van der Waals surface area contributed by atoms with Gasteiger partial charge in [-0.2, -0.15) is 0 Å². The minimum absolute atomic E-state index is 0.0990. The van der Waals surface area contributed by atoms with Crippen molar-refractivity contribution in [3.05, 3.63) is 42.1 Å². The van der Waals surface area contributed by atoms with Crippen LogP contribution >= 0.6 is 0 Å². The Morgan fingerprint density at radius 1 is 1.44 bits per heavy atom. The second-order valence-corrected chi connectivity index (χ2v) is 8.45. The summed E-state index contributed by atoms with van der Waals surface area (Å²) in [6.07, 6.45) is 0.961. The third-order valence-electron chi connectivity index (χ3n) is 5.03. The van der Waals surface area contributed by atoms with Crippen LogP contribution in [0.5, 0.6) is 5.75 Å². The Morgan fingerprint density at radius 3 is 2.74 bits per heavy atom. The highest BCUT2D eigenvalue weighted by atomic mass is 16.5. The molecule has 1 aliphatic rings. The number of rotatable bonds is 7. The van der Waals surface area contributed by atoms with Gasteiger partial charge in [0.25, 0.3) is 0 Å². The quantitative estimate of drug-likeness (QED) is 0.770. The van der Waals surface area contributed by atoms with Gasteiger partial charge >= 0.3 is 0 Å². The first-order valence-electron chi connectivity index (χ1n) is 9.79. The van der Waals surface area contributed by atoms with Gasteiger partial charge in [-0.05, 0) is 36.5 Å². The van der Waals surface area contributed by atoms with Crippen LogP contribution in [0.15, 0.2) is 36.5 Å². The van der Waals surface area contributed by atoms with E-state index in [-0.39, 0.29) is 23.5 Å². The SMILES string of the molecule is C=C([C@@H](NC(=O)[C@@H](C)O)C(C)(C)C)N1CC[C@H](Oc2cccc(CC)c2)C1. The number of carbonyl (C=O) groups excluding carboxylic acids is 1. The van der Waals surface area contributed by atoms with E-state index < -0.39 is 6.10 Å². The average Bonchev–Trinajstić information content (AvgIpc) is 3.06. The summed E-state index contributed by atoms with van der Waals surface area (Å²) in [7, 11) is 0. The van der Waals surface area contributed by atoms with E-state index >= 15 is 0 Å². The monoisotopic (exact) mass is 374 g/mol. The summed E-state index contributed by atoms with van der Waals surface area (Å²) in [6.45, 7) is 15.6. The zero-order valence-electron chi connectivity index (χ0n) is 17.3.